The van der Waals surface area contributed by atoms with Crippen molar-refractivity contribution in [1.82, 2.24) is 4.90 Å². The number of hydrogen-bond donors (Lipinski definition) is 0. The summed E-state index contributed by atoms with van der Waals surface area (Å²) in [5.41, 5.74) is 2.35. The first-order valence-corrected chi connectivity index (χ1v) is 11.2. The van der Waals surface area contributed by atoms with Gasteiger partial charge in [0.1, 0.15) is 18.1 Å². The highest BCUT2D eigenvalue weighted by Crippen LogP contribution is 2.28. The normalized spacial score (nSPS) is 15.3. The lowest BCUT2D eigenvalue weighted by Crippen LogP contribution is -2.53. The summed E-state index contributed by atoms with van der Waals surface area (Å²) in [6, 6.07) is 28.8. The molecule has 0 spiro atoms. The molecule has 0 radical (unpaired) electrons. The van der Waals surface area contributed by atoms with E-state index < -0.39 is 0 Å². The predicted molar refractivity (Wildman–Crippen MR) is 129 cm³/mol. The SMILES string of the molecule is COc1ccccc1N1CCN(C(COCc2ccccc2)COc2ccccc2)CC1. The van der Waals surface area contributed by atoms with Crippen molar-refractivity contribution in [3.63, 3.8) is 0 Å². The summed E-state index contributed by atoms with van der Waals surface area (Å²) in [5.74, 6) is 1.82. The Morgan fingerprint density at radius 3 is 2.12 bits per heavy atom. The van der Waals surface area contributed by atoms with E-state index >= 15 is 0 Å². The second kappa shape index (κ2) is 11.6. The standard InChI is InChI=1S/C27H32N2O3/c1-30-27-15-9-8-14-26(27)29-18-16-28(17-19-29)24(22-32-25-12-6-3-7-13-25)21-31-20-23-10-4-2-5-11-23/h2-15,24H,16-22H2,1H3. The minimum absolute atomic E-state index is 0.193. The van der Waals surface area contributed by atoms with E-state index in [1.54, 1.807) is 7.11 Å². The van der Waals surface area contributed by atoms with Crippen LogP contribution in [-0.4, -0.2) is 57.4 Å². The van der Waals surface area contributed by atoms with Crippen molar-refractivity contribution >= 4 is 5.69 Å². The lowest BCUT2D eigenvalue weighted by Gasteiger charge is -2.40. The fourth-order valence-corrected chi connectivity index (χ4v) is 4.07. The molecule has 0 saturated carbocycles. The summed E-state index contributed by atoms with van der Waals surface area (Å²) in [4.78, 5) is 4.88. The largest absolute Gasteiger partial charge is 0.495 e. The van der Waals surface area contributed by atoms with Crippen molar-refractivity contribution < 1.29 is 14.2 Å². The molecular formula is C27H32N2O3. The molecule has 0 aliphatic carbocycles. The van der Waals surface area contributed by atoms with Crippen molar-refractivity contribution in [2.45, 2.75) is 12.6 Å². The first-order valence-electron chi connectivity index (χ1n) is 11.2. The van der Waals surface area contributed by atoms with E-state index in [1.807, 2.05) is 60.7 Å². The van der Waals surface area contributed by atoms with Crippen LogP contribution in [0.15, 0.2) is 84.9 Å². The Balaban J connectivity index is 1.36. The van der Waals surface area contributed by atoms with Gasteiger partial charge in [-0.25, -0.2) is 0 Å². The monoisotopic (exact) mass is 432 g/mol. The number of ether oxygens (including phenoxy) is 3. The Hall–Kier alpha value is -3.02. The highest BCUT2D eigenvalue weighted by atomic mass is 16.5. The van der Waals surface area contributed by atoms with Crippen molar-refractivity contribution in [1.29, 1.82) is 0 Å². The average Bonchev–Trinajstić information content (AvgIpc) is 2.87. The van der Waals surface area contributed by atoms with Gasteiger partial charge in [0.05, 0.1) is 32.1 Å². The molecule has 1 aliphatic heterocycles. The summed E-state index contributed by atoms with van der Waals surface area (Å²) < 4.78 is 17.8. The molecule has 1 heterocycles. The molecule has 1 aliphatic rings. The Morgan fingerprint density at radius 2 is 1.41 bits per heavy atom. The van der Waals surface area contributed by atoms with Crippen molar-refractivity contribution in [3.05, 3.63) is 90.5 Å². The first-order chi connectivity index (χ1) is 15.8. The van der Waals surface area contributed by atoms with Crippen LogP contribution in [-0.2, 0) is 11.3 Å². The maximum atomic E-state index is 6.12. The molecule has 1 unspecified atom stereocenters. The van der Waals surface area contributed by atoms with Crippen LogP contribution < -0.4 is 14.4 Å². The Bertz CT molecular complexity index is 928. The Labute approximate surface area is 191 Å². The van der Waals surface area contributed by atoms with Crippen LogP contribution in [0, 0.1) is 0 Å². The van der Waals surface area contributed by atoms with Crippen LogP contribution in [0.25, 0.3) is 0 Å². The molecule has 168 valence electrons. The minimum Gasteiger partial charge on any atom is -0.495 e. The number of rotatable bonds is 10. The van der Waals surface area contributed by atoms with Gasteiger partial charge in [-0.1, -0.05) is 60.7 Å². The molecule has 0 amide bonds. The van der Waals surface area contributed by atoms with Gasteiger partial charge in [-0.15, -0.1) is 0 Å². The predicted octanol–water partition coefficient (Wildman–Crippen LogP) is 4.48. The number of hydrogen-bond acceptors (Lipinski definition) is 5. The van der Waals surface area contributed by atoms with E-state index in [-0.39, 0.29) is 6.04 Å². The van der Waals surface area contributed by atoms with E-state index in [0.717, 1.165) is 43.4 Å². The highest BCUT2D eigenvalue weighted by molar-refractivity contribution is 5.58. The fourth-order valence-electron chi connectivity index (χ4n) is 4.07. The van der Waals surface area contributed by atoms with Gasteiger partial charge in [-0.3, -0.25) is 4.90 Å². The van der Waals surface area contributed by atoms with Crippen LogP contribution in [0.4, 0.5) is 5.69 Å². The van der Waals surface area contributed by atoms with Gasteiger partial charge in [-0.2, -0.15) is 0 Å². The van der Waals surface area contributed by atoms with Gasteiger partial charge in [0.15, 0.2) is 0 Å². The number of piperazine rings is 1. The molecule has 5 nitrogen and oxygen atoms in total. The molecule has 1 fully saturated rings. The van der Waals surface area contributed by atoms with Crippen molar-refractivity contribution in [2.75, 3.05) is 51.4 Å². The highest BCUT2D eigenvalue weighted by Gasteiger charge is 2.26. The molecule has 5 heteroatoms. The van der Waals surface area contributed by atoms with Gasteiger partial charge >= 0.3 is 0 Å². The van der Waals surface area contributed by atoms with Gasteiger partial charge in [-0.05, 0) is 29.8 Å². The minimum atomic E-state index is 0.193. The van der Waals surface area contributed by atoms with Gasteiger partial charge in [0.25, 0.3) is 0 Å². The second-order valence-corrected chi connectivity index (χ2v) is 7.97. The lowest BCUT2D eigenvalue weighted by atomic mass is 10.2. The number of methoxy groups -OCH3 is 1. The van der Waals surface area contributed by atoms with Crippen LogP contribution in [0.1, 0.15) is 5.56 Å². The molecular weight excluding hydrogens is 400 g/mol. The van der Waals surface area contributed by atoms with E-state index in [4.69, 9.17) is 14.2 Å². The number of nitrogens with zero attached hydrogens (tertiary/aromatic N) is 2. The van der Waals surface area contributed by atoms with Crippen LogP contribution in [0.2, 0.25) is 0 Å². The molecule has 3 aromatic carbocycles. The molecule has 1 saturated heterocycles. The third kappa shape index (κ3) is 6.02. The van der Waals surface area contributed by atoms with E-state index in [1.165, 1.54) is 5.56 Å². The lowest BCUT2D eigenvalue weighted by molar-refractivity contribution is 0.0266. The van der Waals surface area contributed by atoms with Gasteiger partial charge < -0.3 is 19.1 Å². The number of anilines is 1. The van der Waals surface area contributed by atoms with Gasteiger partial charge in [0.2, 0.25) is 0 Å². The van der Waals surface area contributed by atoms with Crippen LogP contribution in [0.5, 0.6) is 11.5 Å². The average molecular weight is 433 g/mol. The third-order valence-corrected chi connectivity index (χ3v) is 5.86. The molecule has 0 bridgehead atoms. The van der Waals surface area contributed by atoms with E-state index in [0.29, 0.717) is 19.8 Å². The fraction of sp³-hybridized carbons (Fsp3) is 0.333. The first kappa shape index (κ1) is 22.2. The van der Waals surface area contributed by atoms with E-state index in [9.17, 15) is 0 Å². The molecule has 4 rings (SSSR count). The summed E-state index contributed by atoms with van der Waals surface area (Å²) >= 11 is 0. The molecule has 3 aromatic rings. The summed E-state index contributed by atoms with van der Waals surface area (Å²) in [6.07, 6.45) is 0. The summed E-state index contributed by atoms with van der Waals surface area (Å²) in [6.45, 7) is 5.65. The third-order valence-electron chi connectivity index (χ3n) is 5.86. The van der Waals surface area contributed by atoms with E-state index in [2.05, 4.69) is 34.1 Å². The summed E-state index contributed by atoms with van der Waals surface area (Å²) in [7, 11) is 1.73. The zero-order valence-corrected chi connectivity index (χ0v) is 18.7. The molecule has 0 N–H and O–H groups in total. The van der Waals surface area contributed by atoms with Crippen molar-refractivity contribution in [3.8, 4) is 11.5 Å². The molecule has 1 atom stereocenters. The Kier molecular flexibility index (Phi) is 8.01. The second-order valence-electron chi connectivity index (χ2n) is 7.97. The zero-order chi connectivity index (χ0) is 22.0. The van der Waals surface area contributed by atoms with Crippen LogP contribution in [0.3, 0.4) is 0 Å². The topological polar surface area (TPSA) is 34.2 Å². The maximum Gasteiger partial charge on any atom is 0.142 e. The number of benzene rings is 3. The quantitative estimate of drug-likeness (QED) is 0.472. The maximum absolute atomic E-state index is 6.12. The molecule has 0 aromatic heterocycles. The number of para-hydroxylation sites is 3. The smallest absolute Gasteiger partial charge is 0.142 e. The molecule has 32 heavy (non-hydrogen) atoms. The zero-order valence-electron chi connectivity index (χ0n) is 18.7. The van der Waals surface area contributed by atoms with Crippen LogP contribution >= 0.6 is 0 Å². The van der Waals surface area contributed by atoms with Crippen molar-refractivity contribution in [2.24, 2.45) is 0 Å². The summed E-state index contributed by atoms with van der Waals surface area (Å²) in [5, 5.41) is 0. The van der Waals surface area contributed by atoms with Gasteiger partial charge in [0, 0.05) is 26.2 Å². The Morgan fingerprint density at radius 1 is 0.750 bits per heavy atom.